The Morgan fingerprint density at radius 3 is 2.60 bits per heavy atom. The highest BCUT2D eigenvalue weighted by Gasteiger charge is 2.50. The highest BCUT2D eigenvalue weighted by Crippen LogP contribution is 2.42. The summed E-state index contributed by atoms with van der Waals surface area (Å²) in [5.74, 6) is -1.82. The summed E-state index contributed by atoms with van der Waals surface area (Å²) in [6.45, 7) is 5.97. The van der Waals surface area contributed by atoms with Crippen molar-refractivity contribution in [3.05, 3.63) is 56.9 Å². The van der Waals surface area contributed by atoms with Crippen LogP contribution in [0.3, 0.4) is 0 Å². The molecule has 1 amide bonds. The molecule has 3 aromatic rings. The van der Waals surface area contributed by atoms with E-state index in [4.69, 9.17) is 14.5 Å². The lowest BCUT2D eigenvalue weighted by molar-refractivity contribution is -0.189. The van der Waals surface area contributed by atoms with Gasteiger partial charge in [-0.2, -0.15) is 0 Å². The smallest absolute Gasteiger partial charge is 0.355 e. The molecule has 250 valence electrons. The number of ketones is 1. The lowest BCUT2D eigenvalue weighted by Crippen LogP contribution is -2.47. The average molecular weight is 647 g/mol. The first kappa shape index (κ1) is 33.8. The summed E-state index contributed by atoms with van der Waals surface area (Å²) in [4.78, 5) is 69.9. The Balaban J connectivity index is 1.36. The van der Waals surface area contributed by atoms with Crippen LogP contribution in [-0.4, -0.2) is 57.9 Å². The number of nitrogens with zero attached hydrogens (tertiary/aromatic N) is 2. The number of carbonyl (C=O) groups is 4. The number of ether oxygens (including phenoxy) is 2. The SMILES string of the molecule is CCc1c2c(nc3ccc(O)cc13)-c1cc3c(c(=O)n1C2)COC(=O)[C@@]3(CC)OC(=O)CCCC(=O)NC(CCCCNC)C(C)=O. The zero-order valence-corrected chi connectivity index (χ0v) is 27.4. The van der Waals surface area contributed by atoms with E-state index in [0.29, 0.717) is 29.7 Å². The first-order valence-electron chi connectivity index (χ1n) is 16.3. The number of hydrogen-bond donors (Lipinski definition) is 3. The normalized spacial score (nSPS) is 17.0. The number of pyridine rings is 2. The number of cyclic esters (lactones) is 1. The Morgan fingerprint density at radius 1 is 1.11 bits per heavy atom. The van der Waals surface area contributed by atoms with Gasteiger partial charge in [-0.15, -0.1) is 0 Å². The molecule has 0 radical (unpaired) electrons. The van der Waals surface area contributed by atoms with Crippen molar-refractivity contribution in [2.45, 2.75) is 96.9 Å². The van der Waals surface area contributed by atoms with Crippen molar-refractivity contribution in [2.75, 3.05) is 13.6 Å². The van der Waals surface area contributed by atoms with Crippen LogP contribution in [-0.2, 0) is 53.8 Å². The molecule has 1 aromatic carbocycles. The summed E-state index contributed by atoms with van der Waals surface area (Å²) < 4.78 is 12.9. The summed E-state index contributed by atoms with van der Waals surface area (Å²) in [6, 6.07) is 6.09. The van der Waals surface area contributed by atoms with Gasteiger partial charge >= 0.3 is 11.9 Å². The molecule has 0 saturated carbocycles. The molecule has 0 saturated heterocycles. The number of carbonyl (C=O) groups excluding carboxylic acids is 4. The number of phenols is 1. The Hall–Kier alpha value is -4.58. The van der Waals surface area contributed by atoms with Crippen LogP contribution in [0.5, 0.6) is 5.75 Å². The number of esters is 2. The van der Waals surface area contributed by atoms with E-state index >= 15 is 0 Å². The summed E-state index contributed by atoms with van der Waals surface area (Å²) >= 11 is 0. The number of unbranched alkanes of at least 4 members (excludes halogenated alkanes) is 1. The van der Waals surface area contributed by atoms with E-state index in [1.807, 2.05) is 14.0 Å². The van der Waals surface area contributed by atoms with E-state index in [2.05, 4.69) is 10.6 Å². The maximum Gasteiger partial charge on any atom is 0.355 e. The standard InChI is InChI=1S/C35H42N4O8/c1-5-22-23-16-21(41)13-14-28(23)38-32-24(22)18-39-29(32)17-26-25(33(39)44)19-46-34(45)35(26,6-2)47-31(43)12-9-11-30(42)37-27(20(3)40)10-7-8-15-36-4/h13-14,16-17,27,36,41H,5-12,15,18-19H2,1-4H3,(H,37,42)/t27?,35-/m0/s1. The van der Waals surface area contributed by atoms with Crippen LogP contribution < -0.4 is 16.2 Å². The second kappa shape index (κ2) is 14.0. The van der Waals surface area contributed by atoms with Gasteiger partial charge in [0.15, 0.2) is 5.78 Å². The lowest BCUT2D eigenvalue weighted by Gasteiger charge is -2.35. The molecule has 4 heterocycles. The number of amides is 1. The van der Waals surface area contributed by atoms with Crippen LogP contribution >= 0.6 is 0 Å². The third kappa shape index (κ3) is 6.51. The molecule has 2 aromatic heterocycles. The highest BCUT2D eigenvalue weighted by molar-refractivity contribution is 5.91. The Labute approximate surface area is 272 Å². The van der Waals surface area contributed by atoms with E-state index < -0.39 is 23.6 Å². The van der Waals surface area contributed by atoms with Gasteiger partial charge in [0.1, 0.15) is 12.4 Å². The van der Waals surface area contributed by atoms with E-state index in [9.17, 15) is 29.1 Å². The van der Waals surface area contributed by atoms with Crippen molar-refractivity contribution in [1.82, 2.24) is 20.2 Å². The molecule has 0 fully saturated rings. The molecule has 5 rings (SSSR count). The zero-order chi connectivity index (χ0) is 33.9. The third-order valence-electron chi connectivity index (χ3n) is 9.18. The van der Waals surface area contributed by atoms with Crippen molar-refractivity contribution < 1.29 is 33.8 Å². The van der Waals surface area contributed by atoms with Gasteiger partial charge in [-0.3, -0.25) is 19.2 Å². The summed E-state index contributed by atoms with van der Waals surface area (Å²) in [5.41, 5.74) is 1.93. The predicted octanol–water partition coefficient (Wildman–Crippen LogP) is 3.53. The molecule has 2 aliphatic heterocycles. The van der Waals surface area contributed by atoms with Gasteiger partial charge in [0.2, 0.25) is 11.5 Å². The van der Waals surface area contributed by atoms with E-state index in [0.717, 1.165) is 35.9 Å². The van der Waals surface area contributed by atoms with Gasteiger partial charge in [-0.25, -0.2) is 9.78 Å². The van der Waals surface area contributed by atoms with Crippen LogP contribution in [0, 0.1) is 0 Å². The number of benzene rings is 1. The number of aromatic nitrogens is 2. The Bertz CT molecular complexity index is 1800. The molecule has 0 bridgehead atoms. The topological polar surface area (TPSA) is 166 Å². The average Bonchev–Trinajstić information content (AvgIpc) is 3.41. The largest absolute Gasteiger partial charge is 0.508 e. The minimum absolute atomic E-state index is 0.00163. The molecule has 12 nitrogen and oxygen atoms in total. The monoisotopic (exact) mass is 646 g/mol. The highest BCUT2D eigenvalue weighted by atomic mass is 16.6. The Morgan fingerprint density at radius 2 is 1.89 bits per heavy atom. The number of aryl methyl sites for hydroxylation is 1. The summed E-state index contributed by atoms with van der Waals surface area (Å²) in [5, 5.41) is 16.7. The lowest BCUT2D eigenvalue weighted by atomic mass is 9.85. The van der Waals surface area contributed by atoms with Crippen molar-refractivity contribution in [2.24, 2.45) is 0 Å². The number of hydrogen-bond acceptors (Lipinski definition) is 10. The van der Waals surface area contributed by atoms with Gasteiger partial charge < -0.3 is 29.8 Å². The molecule has 0 aliphatic carbocycles. The second-order valence-corrected chi connectivity index (χ2v) is 12.2. The van der Waals surface area contributed by atoms with E-state index in [-0.39, 0.29) is 73.0 Å². The summed E-state index contributed by atoms with van der Waals surface area (Å²) in [7, 11) is 1.85. The van der Waals surface area contributed by atoms with E-state index in [1.165, 1.54) is 6.92 Å². The number of Topliss-reactive ketones (excluding diaryl/α,β-unsaturated/α-hetero) is 1. The van der Waals surface area contributed by atoms with Crippen LogP contribution in [0.15, 0.2) is 29.1 Å². The second-order valence-electron chi connectivity index (χ2n) is 12.2. The minimum Gasteiger partial charge on any atom is -0.508 e. The number of fused-ring (bicyclic) bond motifs is 5. The molecule has 0 spiro atoms. The van der Waals surface area contributed by atoms with Crippen molar-refractivity contribution in [3.8, 4) is 17.1 Å². The molecule has 2 aliphatic rings. The number of nitrogens with one attached hydrogen (secondary N) is 2. The van der Waals surface area contributed by atoms with Crippen molar-refractivity contribution in [1.29, 1.82) is 0 Å². The minimum atomic E-state index is -1.84. The fraction of sp³-hybridized carbons (Fsp3) is 0.486. The fourth-order valence-corrected chi connectivity index (χ4v) is 6.64. The predicted molar refractivity (Wildman–Crippen MR) is 174 cm³/mol. The molecule has 47 heavy (non-hydrogen) atoms. The van der Waals surface area contributed by atoms with Gasteiger partial charge in [0, 0.05) is 29.4 Å². The van der Waals surface area contributed by atoms with Crippen LogP contribution in [0.4, 0.5) is 0 Å². The molecular weight excluding hydrogens is 604 g/mol. The molecule has 3 N–H and O–H groups in total. The number of rotatable bonds is 14. The van der Waals surface area contributed by atoms with Crippen molar-refractivity contribution >= 4 is 34.5 Å². The van der Waals surface area contributed by atoms with Crippen LogP contribution in [0.25, 0.3) is 22.3 Å². The first-order chi connectivity index (χ1) is 22.5. The van der Waals surface area contributed by atoms with Gasteiger partial charge in [-0.05, 0) is 88.9 Å². The quantitative estimate of drug-likeness (QED) is 0.136. The first-order valence-corrected chi connectivity index (χ1v) is 16.3. The number of phenolic OH excluding ortho intramolecular Hbond substituents is 1. The molecular formula is C35H42N4O8. The number of aromatic hydroxyl groups is 1. The van der Waals surface area contributed by atoms with Crippen LogP contribution in [0.1, 0.15) is 88.0 Å². The molecule has 12 heteroatoms. The maximum absolute atomic E-state index is 13.9. The molecule has 1 unspecified atom stereocenters. The molecule has 2 atom stereocenters. The van der Waals surface area contributed by atoms with Gasteiger partial charge in [-0.1, -0.05) is 13.8 Å². The Kier molecular flexibility index (Phi) is 10.1. The third-order valence-corrected chi connectivity index (χ3v) is 9.18. The fourth-order valence-electron chi connectivity index (χ4n) is 6.64. The maximum atomic E-state index is 13.9. The van der Waals surface area contributed by atoms with Crippen LogP contribution in [0.2, 0.25) is 0 Å². The van der Waals surface area contributed by atoms with Gasteiger partial charge in [0.05, 0.1) is 35.1 Å². The summed E-state index contributed by atoms with van der Waals surface area (Å²) in [6.07, 6.45) is 2.86. The van der Waals surface area contributed by atoms with Crippen molar-refractivity contribution in [3.63, 3.8) is 0 Å². The van der Waals surface area contributed by atoms with Gasteiger partial charge in [0.25, 0.3) is 5.56 Å². The zero-order valence-electron chi connectivity index (χ0n) is 27.4. The van der Waals surface area contributed by atoms with E-state index in [1.54, 1.807) is 35.8 Å².